The summed E-state index contributed by atoms with van der Waals surface area (Å²) < 4.78 is 2.05. The van der Waals surface area contributed by atoms with Gasteiger partial charge in [0.25, 0.3) is 0 Å². The van der Waals surface area contributed by atoms with Gasteiger partial charge in [-0.25, -0.2) is 9.97 Å². The normalized spacial score (nSPS) is 11.9. The molecule has 0 radical (unpaired) electrons. The van der Waals surface area contributed by atoms with Gasteiger partial charge in [0.05, 0.1) is 5.69 Å². The maximum absolute atomic E-state index is 4.61. The fourth-order valence-corrected chi connectivity index (χ4v) is 2.05. The van der Waals surface area contributed by atoms with Crippen LogP contribution in [0.1, 0.15) is 43.3 Å². The van der Waals surface area contributed by atoms with Crippen molar-refractivity contribution >= 4 is 0 Å². The third-order valence-corrected chi connectivity index (χ3v) is 3.41. The van der Waals surface area contributed by atoms with Crippen LogP contribution in [0.15, 0.2) is 18.6 Å². The van der Waals surface area contributed by atoms with E-state index in [1.54, 1.807) is 0 Å². The molecule has 2 aromatic heterocycles. The van der Waals surface area contributed by atoms with E-state index in [-0.39, 0.29) is 5.54 Å². The Morgan fingerprint density at radius 3 is 2.35 bits per heavy atom. The average Bonchev–Trinajstić information content (AvgIpc) is 2.67. The SMILES string of the molecule is Cc1cc(CNC(C)(C)C)cnc1-n1cnc(C)c1C. The molecule has 0 spiro atoms. The van der Waals surface area contributed by atoms with Crippen molar-refractivity contribution in [2.24, 2.45) is 0 Å². The summed E-state index contributed by atoms with van der Waals surface area (Å²) in [5, 5.41) is 3.48. The second kappa shape index (κ2) is 5.37. The van der Waals surface area contributed by atoms with E-state index in [1.807, 2.05) is 24.0 Å². The van der Waals surface area contributed by atoms with Crippen molar-refractivity contribution in [1.82, 2.24) is 19.9 Å². The lowest BCUT2D eigenvalue weighted by atomic mass is 10.1. The van der Waals surface area contributed by atoms with E-state index in [4.69, 9.17) is 0 Å². The zero-order chi connectivity index (χ0) is 14.9. The number of aromatic nitrogens is 3. The molecule has 0 atom stereocenters. The Balaban J connectivity index is 2.24. The summed E-state index contributed by atoms with van der Waals surface area (Å²) in [4.78, 5) is 8.94. The van der Waals surface area contributed by atoms with Gasteiger partial charge >= 0.3 is 0 Å². The minimum atomic E-state index is 0.116. The molecule has 20 heavy (non-hydrogen) atoms. The fraction of sp³-hybridized carbons (Fsp3) is 0.500. The molecule has 0 amide bonds. The number of hydrogen-bond donors (Lipinski definition) is 1. The Bertz CT molecular complexity index is 605. The molecule has 4 heteroatoms. The van der Waals surface area contributed by atoms with Gasteiger partial charge in [-0.3, -0.25) is 4.57 Å². The summed E-state index contributed by atoms with van der Waals surface area (Å²) in [5.74, 6) is 0.961. The van der Waals surface area contributed by atoms with Gasteiger partial charge in [-0.1, -0.05) is 0 Å². The van der Waals surface area contributed by atoms with E-state index in [0.717, 1.165) is 23.8 Å². The number of pyridine rings is 1. The summed E-state index contributed by atoms with van der Waals surface area (Å²) in [7, 11) is 0. The molecule has 2 aromatic rings. The molecule has 2 rings (SSSR count). The van der Waals surface area contributed by atoms with Crippen molar-refractivity contribution in [1.29, 1.82) is 0 Å². The van der Waals surface area contributed by atoms with E-state index in [9.17, 15) is 0 Å². The van der Waals surface area contributed by atoms with Crippen LogP contribution in [0.25, 0.3) is 5.82 Å². The van der Waals surface area contributed by atoms with Crippen molar-refractivity contribution < 1.29 is 0 Å². The molecule has 0 aromatic carbocycles. The molecular formula is C16H24N4. The molecule has 2 heterocycles. The third-order valence-electron chi connectivity index (χ3n) is 3.41. The molecule has 0 unspecified atom stereocenters. The maximum atomic E-state index is 4.61. The number of rotatable bonds is 3. The lowest BCUT2D eigenvalue weighted by Gasteiger charge is -2.20. The second-order valence-electron chi connectivity index (χ2n) is 6.37. The summed E-state index contributed by atoms with van der Waals surface area (Å²) in [5.41, 5.74) is 4.67. The summed E-state index contributed by atoms with van der Waals surface area (Å²) >= 11 is 0. The standard InChI is InChI=1S/C16H24N4/c1-11-7-14(9-19-16(4,5)6)8-17-15(11)20-10-18-12(2)13(20)3/h7-8,10,19H,9H2,1-6H3. The third kappa shape index (κ3) is 3.25. The van der Waals surface area contributed by atoms with Crippen LogP contribution in [0.3, 0.4) is 0 Å². The number of hydrogen-bond acceptors (Lipinski definition) is 3. The zero-order valence-electron chi connectivity index (χ0n) is 13.3. The molecule has 0 aliphatic rings. The second-order valence-corrected chi connectivity index (χ2v) is 6.37. The number of nitrogens with one attached hydrogen (secondary N) is 1. The lowest BCUT2D eigenvalue weighted by Crippen LogP contribution is -2.35. The van der Waals surface area contributed by atoms with Gasteiger partial charge in [0.1, 0.15) is 12.1 Å². The van der Waals surface area contributed by atoms with Crippen LogP contribution in [0.5, 0.6) is 0 Å². The van der Waals surface area contributed by atoms with Crippen molar-refractivity contribution in [3.8, 4) is 5.82 Å². The highest BCUT2D eigenvalue weighted by atomic mass is 15.1. The largest absolute Gasteiger partial charge is 0.308 e. The first-order chi connectivity index (χ1) is 9.28. The molecule has 4 nitrogen and oxygen atoms in total. The van der Waals surface area contributed by atoms with Crippen molar-refractivity contribution in [2.75, 3.05) is 0 Å². The molecule has 108 valence electrons. The molecular weight excluding hydrogens is 248 g/mol. The molecule has 0 aliphatic carbocycles. The Morgan fingerprint density at radius 2 is 1.85 bits per heavy atom. The molecule has 0 bridgehead atoms. The van der Waals surface area contributed by atoms with Crippen LogP contribution in [0, 0.1) is 20.8 Å². The molecule has 0 fully saturated rings. The van der Waals surface area contributed by atoms with Gasteiger partial charge in [0.2, 0.25) is 0 Å². The van der Waals surface area contributed by atoms with E-state index in [2.05, 4.69) is 56.0 Å². The van der Waals surface area contributed by atoms with Crippen molar-refractivity contribution in [2.45, 2.75) is 53.6 Å². The Morgan fingerprint density at radius 1 is 1.15 bits per heavy atom. The van der Waals surface area contributed by atoms with Gasteiger partial charge in [-0.15, -0.1) is 0 Å². The quantitative estimate of drug-likeness (QED) is 0.933. The van der Waals surface area contributed by atoms with E-state index >= 15 is 0 Å². The number of aryl methyl sites for hydroxylation is 2. The van der Waals surface area contributed by atoms with Crippen molar-refractivity contribution in [3.63, 3.8) is 0 Å². The van der Waals surface area contributed by atoms with E-state index < -0.39 is 0 Å². The van der Waals surface area contributed by atoms with Crippen LogP contribution < -0.4 is 5.32 Å². The van der Waals surface area contributed by atoms with Crippen LogP contribution in [-0.2, 0) is 6.54 Å². The average molecular weight is 272 g/mol. The minimum absolute atomic E-state index is 0.116. The maximum Gasteiger partial charge on any atom is 0.140 e. The van der Waals surface area contributed by atoms with Gasteiger partial charge in [-0.2, -0.15) is 0 Å². The monoisotopic (exact) mass is 272 g/mol. The predicted octanol–water partition coefficient (Wildman–Crippen LogP) is 3.08. The smallest absolute Gasteiger partial charge is 0.140 e. The van der Waals surface area contributed by atoms with Gasteiger partial charge in [-0.05, 0) is 58.7 Å². The number of nitrogens with zero attached hydrogens (tertiary/aromatic N) is 3. The van der Waals surface area contributed by atoms with Crippen LogP contribution >= 0.6 is 0 Å². The Hall–Kier alpha value is -1.68. The molecule has 0 saturated carbocycles. The topological polar surface area (TPSA) is 42.7 Å². The lowest BCUT2D eigenvalue weighted by molar-refractivity contribution is 0.424. The van der Waals surface area contributed by atoms with Gasteiger partial charge in [0.15, 0.2) is 0 Å². The van der Waals surface area contributed by atoms with E-state index in [0.29, 0.717) is 0 Å². The first-order valence-electron chi connectivity index (χ1n) is 6.99. The first kappa shape index (κ1) is 14.7. The van der Waals surface area contributed by atoms with E-state index in [1.165, 1.54) is 11.1 Å². The Kier molecular flexibility index (Phi) is 3.95. The Labute approximate surface area is 121 Å². The van der Waals surface area contributed by atoms with Crippen LogP contribution in [0.4, 0.5) is 0 Å². The van der Waals surface area contributed by atoms with Gasteiger partial charge in [0, 0.05) is 24.0 Å². The molecule has 1 N–H and O–H groups in total. The molecule has 0 saturated heterocycles. The fourth-order valence-electron chi connectivity index (χ4n) is 2.05. The van der Waals surface area contributed by atoms with Crippen molar-refractivity contribution in [3.05, 3.63) is 41.1 Å². The number of imidazole rings is 1. The zero-order valence-corrected chi connectivity index (χ0v) is 13.3. The van der Waals surface area contributed by atoms with Gasteiger partial charge < -0.3 is 5.32 Å². The summed E-state index contributed by atoms with van der Waals surface area (Å²) in [6, 6.07) is 2.19. The molecule has 0 aliphatic heterocycles. The minimum Gasteiger partial charge on any atom is -0.308 e. The highest BCUT2D eigenvalue weighted by Gasteiger charge is 2.11. The predicted molar refractivity (Wildman–Crippen MR) is 82.2 cm³/mol. The highest BCUT2D eigenvalue weighted by Crippen LogP contribution is 2.16. The summed E-state index contributed by atoms with van der Waals surface area (Å²) in [6.45, 7) is 13.5. The highest BCUT2D eigenvalue weighted by molar-refractivity contribution is 5.37. The van der Waals surface area contributed by atoms with Crippen LogP contribution in [-0.4, -0.2) is 20.1 Å². The van der Waals surface area contributed by atoms with Crippen LogP contribution in [0.2, 0.25) is 0 Å². The first-order valence-corrected chi connectivity index (χ1v) is 6.99. The summed E-state index contributed by atoms with van der Waals surface area (Å²) in [6.07, 6.45) is 3.78.